The molecule has 144 valence electrons. The van der Waals surface area contributed by atoms with Crippen LogP contribution in [0.4, 0.5) is 5.95 Å². The molecular formula is C21H20Cl2N4O. The molecule has 0 bridgehead atoms. The van der Waals surface area contributed by atoms with Crippen LogP contribution in [-0.2, 0) is 26.1 Å². The number of fused-ring (bicyclic) bond motifs is 1. The van der Waals surface area contributed by atoms with Crippen LogP contribution >= 0.6 is 23.2 Å². The van der Waals surface area contributed by atoms with Crippen LogP contribution in [0.1, 0.15) is 22.4 Å². The summed E-state index contributed by atoms with van der Waals surface area (Å²) in [6.07, 6.45) is 0.757. The minimum Gasteiger partial charge on any atom is -0.352 e. The Labute approximate surface area is 173 Å². The van der Waals surface area contributed by atoms with Crippen LogP contribution in [0.3, 0.4) is 0 Å². The van der Waals surface area contributed by atoms with Gasteiger partial charge in [-0.15, -0.1) is 0 Å². The standard InChI is InChI=1S/C21H20Cl2N4O/c22-17-7-6-15(10-18(17)23)11-24-21-25-19-8-9-27(13-16(19)20(28)26-21)12-14-4-2-1-3-5-14/h1-7,10H,8-9,11-13H2,(H2,24,25,26,28). The topological polar surface area (TPSA) is 61.0 Å². The number of halogens is 2. The van der Waals surface area contributed by atoms with Crippen molar-refractivity contribution in [3.8, 4) is 0 Å². The maximum atomic E-state index is 12.6. The van der Waals surface area contributed by atoms with Crippen molar-refractivity contribution >= 4 is 29.2 Å². The molecule has 1 aromatic heterocycles. The van der Waals surface area contributed by atoms with E-state index in [9.17, 15) is 4.79 Å². The van der Waals surface area contributed by atoms with Gasteiger partial charge in [0.1, 0.15) is 0 Å². The number of nitrogens with zero attached hydrogens (tertiary/aromatic N) is 2. The van der Waals surface area contributed by atoms with Gasteiger partial charge in [-0.05, 0) is 23.3 Å². The van der Waals surface area contributed by atoms with Gasteiger partial charge in [-0.25, -0.2) is 4.98 Å². The monoisotopic (exact) mass is 414 g/mol. The number of H-pyrrole nitrogens is 1. The second kappa shape index (κ2) is 8.35. The van der Waals surface area contributed by atoms with Crippen molar-refractivity contribution < 1.29 is 0 Å². The number of hydrogen-bond donors (Lipinski definition) is 2. The fourth-order valence-electron chi connectivity index (χ4n) is 3.38. The molecule has 1 aliphatic heterocycles. The lowest BCUT2D eigenvalue weighted by Crippen LogP contribution is -2.35. The Morgan fingerprint density at radius 2 is 1.89 bits per heavy atom. The molecule has 4 rings (SSSR count). The second-order valence-electron chi connectivity index (χ2n) is 6.89. The number of rotatable bonds is 5. The Bertz CT molecular complexity index is 1040. The van der Waals surface area contributed by atoms with Gasteiger partial charge in [-0.2, -0.15) is 0 Å². The Balaban J connectivity index is 1.45. The first-order valence-electron chi connectivity index (χ1n) is 9.14. The number of nitrogens with one attached hydrogen (secondary N) is 2. The molecule has 0 fully saturated rings. The lowest BCUT2D eigenvalue weighted by molar-refractivity contribution is 0.242. The highest BCUT2D eigenvalue weighted by molar-refractivity contribution is 6.42. The zero-order valence-corrected chi connectivity index (χ0v) is 16.7. The second-order valence-corrected chi connectivity index (χ2v) is 7.70. The molecule has 0 spiro atoms. The SMILES string of the molecule is O=c1[nH]c(NCc2ccc(Cl)c(Cl)c2)nc2c1CN(Cc1ccccc1)CC2. The third kappa shape index (κ3) is 4.38. The number of aromatic amines is 1. The van der Waals surface area contributed by atoms with E-state index in [1.165, 1.54) is 5.56 Å². The normalized spacial score (nSPS) is 13.9. The molecule has 7 heteroatoms. The fourth-order valence-corrected chi connectivity index (χ4v) is 3.70. The molecule has 0 amide bonds. The first-order valence-corrected chi connectivity index (χ1v) is 9.90. The molecule has 28 heavy (non-hydrogen) atoms. The molecule has 1 aliphatic rings. The molecule has 0 radical (unpaired) electrons. The summed E-state index contributed by atoms with van der Waals surface area (Å²) in [6.45, 7) is 2.82. The minimum absolute atomic E-state index is 0.0839. The van der Waals surface area contributed by atoms with Crippen LogP contribution in [0.5, 0.6) is 0 Å². The Morgan fingerprint density at radius 3 is 2.68 bits per heavy atom. The quantitative estimate of drug-likeness (QED) is 0.654. The molecule has 0 saturated carbocycles. The van der Waals surface area contributed by atoms with Gasteiger partial charge >= 0.3 is 0 Å². The molecule has 0 aliphatic carbocycles. The lowest BCUT2D eigenvalue weighted by Gasteiger charge is -2.27. The summed E-state index contributed by atoms with van der Waals surface area (Å²) < 4.78 is 0. The van der Waals surface area contributed by atoms with Crippen LogP contribution in [0, 0.1) is 0 Å². The molecule has 0 saturated heterocycles. The highest BCUT2D eigenvalue weighted by Gasteiger charge is 2.21. The van der Waals surface area contributed by atoms with Crippen molar-refractivity contribution in [1.29, 1.82) is 0 Å². The van der Waals surface area contributed by atoms with Gasteiger partial charge in [-0.3, -0.25) is 14.7 Å². The number of benzene rings is 2. The summed E-state index contributed by atoms with van der Waals surface area (Å²) in [5.41, 5.74) is 3.74. The van der Waals surface area contributed by atoms with E-state index in [2.05, 4.69) is 32.3 Å². The molecule has 2 heterocycles. The van der Waals surface area contributed by atoms with Gasteiger partial charge in [0.2, 0.25) is 5.95 Å². The molecule has 0 unspecified atom stereocenters. The summed E-state index contributed by atoms with van der Waals surface area (Å²) in [7, 11) is 0. The first kappa shape index (κ1) is 19.0. The van der Waals surface area contributed by atoms with Crippen LogP contribution in [0.25, 0.3) is 0 Å². The number of anilines is 1. The predicted octanol–water partition coefficient (Wildman–Crippen LogP) is 4.25. The molecule has 5 nitrogen and oxygen atoms in total. The van der Waals surface area contributed by atoms with E-state index < -0.39 is 0 Å². The van der Waals surface area contributed by atoms with Gasteiger partial charge < -0.3 is 5.32 Å². The average Bonchev–Trinajstić information content (AvgIpc) is 2.70. The van der Waals surface area contributed by atoms with Gasteiger partial charge in [0.15, 0.2) is 0 Å². The van der Waals surface area contributed by atoms with Crippen molar-refractivity contribution in [3.05, 3.63) is 91.3 Å². The van der Waals surface area contributed by atoms with Crippen LogP contribution in [0.15, 0.2) is 53.3 Å². The van der Waals surface area contributed by atoms with Gasteiger partial charge in [-0.1, -0.05) is 59.6 Å². The summed E-state index contributed by atoms with van der Waals surface area (Å²) in [5, 5.41) is 4.19. The van der Waals surface area contributed by atoms with Gasteiger partial charge in [0.05, 0.1) is 21.3 Å². The lowest BCUT2D eigenvalue weighted by atomic mass is 10.1. The first-order chi connectivity index (χ1) is 13.6. The average molecular weight is 415 g/mol. The Morgan fingerprint density at radius 1 is 1.07 bits per heavy atom. The summed E-state index contributed by atoms with van der Waals surface area (Å²) in [4.78, 5) is 22.3. The van der Waals surface area contributed by atoms with Crippen LogP contribution in [-0.4, -0.2) is 21.4 Å². The maximum absolute atomic E-state index is 12.6. The van der Waals surface area contributed by atoms with E-state index in [-0.39, 0.29) is 5.56 Å². The summed E-state index contributed by atoms with van der Waals surface area (Å²) in [5.74, 6) is 0.478. The molecule has 0 atom stereocenters. The zero-order chi connectivity index (χ0) is 19.5. The van der Waals surface area contributed by atoms with E-state index in [0.29, 0.717) is 29.1 Å². The fraction of sp³-hybridized carbons (Fsp3) is 0.238. The van der Waals surface area contributed by atoms with Crippen LogP contribution in [0.2, 0.25) is 10.0 Å². The van der Waals surface area contributed by atoms with Crippen molar-refractivity contribution in [2.24, 2.45) is 0 Å². The zero-order valence-electron chi connectivity index (χ0n) is 15.2. The van der Waals surface area contributed by atoms with Crippen molar-refractivity contribution in [2.45, 2.75) is 26.1 Å². The van der Waals surface area contributed by atoms with Crippen LogP contribution < -0.4 is 10.9 Å². The third-order valence-electron chi connectivity index (χ3n) is 4.84. The minimum atomic E-state index is -0.0839. The number of hydrogen-bond acceptors (Lipinski definition) is 4. The van der Waals surface area contributed by atoms with E-state index in [0.717, 1.165) is 36.3 Å². The van der Waals surface area contributed by atoms with E-state index in [4.69, 9.17) is 23.2 Å². The maximum Gasteiger partial charge on any atom is 0.257 e. The molecule has 2 N–H and O–H groups in total. The van der Waals surface area contributed by atoms with E-state index in [1.54, 1.807) is 12.1 Å². The summed E-state index contributed by atoms with van der Waals surface area (Å²) in [6, 6.07) is 15.7. The van der Waals surface area contributed by atoms with E-state index >= 15 is 0 Å². The predicted molar refractivity (Wildman–Crippen MR) is 113 cm³/mol. The number of aromatic nitrogens is 2. The smallest absolute Gasteiger partial charge is 0.257 e. The summed E-state index contributed by atoms with van der Waals surface area (Å²) >= 11 is 12.0. The van der Waals surface area contributed by atoms with Gasteiger partial charge in [0.25, 0.3) is 5.56 Å². The molecule has 3 aromatic rings. The van der Waals surface area contributed by atoms with Crippen molar-refractivity contribution in [3.63, 3.8) is 0 Å². The highest BCUT2D eigenvalue weighted by Crippen LogP contribution is 2.23. The largest absolute Gasteiger partial charge is 0.352 e. The van der Waals surface area contributed by atoms with Crippen molar-refractivity contribution in [2.75, 3.05) is 11.9 Å². The Hall–Kier alpha value is -2.34. The molecule has 2 aromatic carbocycles. The highest BCUT2D eigenvalue weighted by atomic mass is 35.5. The van der Waals surface area contributed by atoms with Crippen molar-refractivity contribution in [1.82, 2.24) is 14.9 Å². The Kier molecular flexibility index (Phi) is 5.67. The van der Waals surface area contributed by atoms with E-state index in [1.807, 2.05) is 24.3 Å². The van der Waals surface area contributed by atoms with Gasteiger partial charge in [0, 0.05) is 32.6 Å². The molecular weight excluding hydrogens is 395 g/mol. The third-order valence-corrected chi connectivity index (χ3v) is 5.58.